The summed E-state index contributed by atoms with van der Waals surface area (Å²) in [7, 11) is 0. The maximum absolute atomic E-state index is 12.9. The number of azo groups is 2. The van der Waals surface area contributed by atoms with E-state index in [2.05, 4.69) is 0 Å². The van der Waals surface area contributed by atoms with Crippen LogP contribution in [0.5, 0.6) is 0 Å². The zero-order chi connectivity index (χ0) is 19.3. The first-order chi connectivity index (χ1) is 13.6. The minimum absolute atomic E-state index is 0.0291. The molecule has 3 aliphatic rings. The highest BCUT2D eigenvalue weighted by Gasteiger charge is 2.53. The normalized spacial score (nSPS) is 25.5. The summed E-state index contributed by atoms with van der Waals surface area (Å²) in [4.78, 5) is 10.5. The van der Waals surface area contributed by atoms with Crippen LogP contribution in [0.4, 0.5) is 5.69 Å². The molecule has 1 saturated carbocycles. The van der Waals surface area contributed by atoms with Crippen LogP contribution >= 0.6 is 0 Å². The number of ether oxygens (including phenoxy) is 1. The molecule has 5 rings (SSSR count). The average molecular weight is 375 g/mol. The standard InChI is InChI=1S/C21H17N3O4/c25-20-19(14-9-11-17(12-10-14)24(26)27)23-21(28-20,16-6-2-1-3-7-16)13-15-5-4-8-18(15)22-23/h1-3,6-7,9-13,18H,4-5,8H2/t18-,21-/m1/s1. The Balaban J connectivity index is 1.66. The summed E-state index contributed by atoms with van der Waals surface area (Å²) in [6, 6.07) is 15.5. The molecule has 2 heterocycles. The number of nitro groups is 1. The Morgan fingerprint density at radius 1 is 1.14 bits per heavy atom. The average Bonchev–Trinajstić information content (AvgIpc) is 3.27. The van der Waals surface area contributed by atoms with Crippen molar-refractivity contribution in [3.05, 3.63) is 93.4 Å². The minimum atomic E-state index is -1.11. The quantitative estimate of drug-likeness (QED) is 0.356. The van der Waals surface area contributed by atoms with Crippen LogP contribution in [0.1, 0.15) is 30.4 Å². The van der Waals surface area contributed by atoms with Crippen molar-refractivity contribution in [1.82, 2.24) is 0 Å². The summed E-state index contributed by atoms with van der Waals surface area (Å²) in [5.74, 6) is -0.488. The number of nitro benzene ring substituents is 1. The molecule has 0 spiro atoms. The predicted molar refractivity (Wildman–Crippen MR) is 97.6 cm³/mol. The van der Waals surface area contributed by atoms with Crippen molar-refractivity contribution in [2.24, 2.45) is 5.11 Å². The van der Waals surface area contributed by atoms with Crippen molar-refractivity contribution < 1.29 is 19.5 Å². The second-order valence-electron chi connectivity index (χ2n) is 7.16. The van der Waals surface area contributed by atoms with Gasteiger partial charge in [0.25, 0.3) is 11.4 Å². The zero-order valence-electron chi connectivity index (χ0n) is 14.9. The molecule has 2 atom stereocenters. The van der Waals surface area contributed by atoms with E-state index in [1.165, 1.54) is 17.7 Å². The first-order valence-electron chi connectivity index (χ1n) is 9.22. The van der Waals surface area contributed by atoms with E-state index >= 15 is 0 Å². The molecule has 0 aromatic heterocycles. The SMILES string of the molecule is O=[N+]([O-])c1ccc(C2=C([O-])O[C@@]3(c4ccccc4)C=C4CCC[C@H]4N=[N+]23)cc1. The van der Waals surface area contributed by atoms with Gasteiger partial charge in [-0.2, -0.15) is 0 Å². The molecule has 1 fully saturated rings. The van der Waals surface area contributed by atoms with Gasteiger partial charge in [-0.1, -0.05) is 35.0 Å². The monoisotopic (exact) mass is 375 g/mol. The van der Waals surface area contributed by atoms with Crippen molar-refractivity contribution in [2.45, 2.75) is 31.0 Å². The molecule has 28 heavy (non-hydrogen) atoms. The first kappa shape index (κ1) is 16.7. The van der Waals surface area contributed by atoms with Crippen LogP contribution in [-0.2, 0) is 10.5 Å². The molecular weight excluding hydrogens is 358 g/mol. The first-order valence-corrected chi connectivity index (χ1v) is 9.22. The summed E-state index contributed by atoms with van der Waals surface area (Å²) in [5.41, 5.74) is 1.73. The van der Waals surface area contributed by atoms with Crippen LogP contribution in [0.3, 0.4) is 0 Å². The molecule has 2 aromatic rings. The van der Waals surface area contributed by atoms with Crippen molar-refractivity contribution in [3.8, 4) is 0 Å². The van der Waals surface area contributed by atoms with E-state index < -0.39 is 16.6 Å². The van der Waals surface area contributed by atoms with E-state index in [9.17, 15) is 15.2 Å². The lowest BCUT2D eigenvalue weighted by Gasteiger charge is -2.30. The number of hydrogen-bond donors (Lipinski definition) is 0. The molecule has 0 radical (unpaired) electrons. The Hall–Kier alpha value is -3.48. The van der Waals surface area contributed by atoms with Crippen molar-refractivity contribution in [3.63, 3.8) is 0 Å². The molecular formula is C21H17N3O4. The Bertz CT molecular complexity index is 1060. The third-order valence-electron chi connectivity index (χ3n) is 5.51. The number of non-ortho nitro benzene ring substituents is 1. The fourth-order valence-corrected chi connectivity index (χ4v) is 4.18. The fraction of sp³-hybridized carbons (Fsp3) is 0.238. The summed E-state index contributed by atoms with van der Waals surface area (Å²) in [5, 5.41) is 28.8. The lowest BCUT2D eigenvalue weighted by atomic mass is 9.95. The lowest BCUT2D eigenvalue weighted by molar-refractivity contribution is -0.627. The van der Waals surface area contributed by atoms with Gasteiger partial charge < -0.3 is 9.84 Å². The van der Waals surface area contributed by atoms with Gasteiger partial charge in [0.1, 0.15) is 12.0 Å². The third kappa shape index (κ3) is 2.36. The largest absolute Gasteiger partial charge is 0.542 e. The summed E-state index contributed by atoms with van der Waals surface area (Å²) >= 11 is 0. The summed E-state index contributed by atoms with van der Waals surface area (Å²) in [6.45, 7) is 0. The summed E-state index contributed by atoms with van der Waals surface area (Å²) < 4.78 is 7.61. The Kier molecular flexibility index (Phi) is 3.58. The van der Waals surface area contributed by atoms with Crippen LogP contribution in [0.2, 0.25) is 0 Å². The smallest absolute Gasteiger partial charge is 0.302 e. The zero-order valence-corrected chi connectivity index (χ0v) is 14.9. The number of hydrogen-bond acceptors (Lipinski definition) is 5. The van der Waals surface area contributed by atoms with Crippen LogP contribution in [0.25, 0.3) is 5.70 Å². The third-order valence-corrected chi connectivity index (χ3v) is 5.51. The topological polar surface area (TPSA) is 90.8 Å². The second-order valence-corrected chi connectivity index (χ2v) is 7.16. The Labute approximate surface area is 161 Å². The van der Waals surface area contributed by atoms with Crippen molar-refractivity contribution >= 4 is 11.4 Å². The highest BCUT2D eigenvalue weighted by atomic mass is 16.6. The molecule has 140 valence electrons. The van der Waals surface area contributed by atoms with Gasteiger partial charge in [0.15, 0.2) is 0 Å². The maximum atomic E-state index is 12.9. The summed E-state index contributed by atoms with van der Waals surface area (Å²) in [6.07, 6.45) is 4.97. The highest BCUT2D eigenvalue weighted by Crippen LogP contribution is 2.48. The van der Waals surface area contributed by atoms with Crippen LogP contribution in [0.15, 0.2) is 77.3 Å². The highest BCUT2D eigenvalue weighted by molar-refractivity contribution is 5.62. The molecule has 2 aliphatic heterocycles. The van der Waals surface area contributed by atoms with Gasteiger partial charge in [0.05, 0.1) is 10.5 Å². The molecule has 0 N–H and O–H groups in total. The number of rotatable bonds is 3. The van der Waals surface area contributed by atoms with Crippen molar-refractivity contribution in [1.29, 1.82) is 0 Å². The molecule has 7 heteroatoms. The Morgan fingerprint density at radius 2 is 1.89 bits per heavy atom. The minimum Gasteiger partial charge on any atom is -0.542 e. The number of nitrogens with zero attached hydrogens (tertiary/aromatic N) is 3. The Morgan fingerprint density at radius 3 is 2.61 bits per heavy atom. The van der Waals surface area contributed by atoms with Crippen LogP contribution in [-0.4, -0.2) is 15.7 Å². The molecule has 1 aliphatic carbocycles. The molecule has 0 amide bonds. The molecule has 0 unspecified atom stereocenters. The van der Waals surface area contributed by atoms with Crippen molar-refractivity contribution in [2.75, 3.05) is 0 Å². The second kappa shape index (κ2) is 6.02. The molecule has 7 nitrogen and oxygen atoms in total. The van der Waals surface area contributed by atoms with Gasteiger partial charge >= 0.3 is 5.72 Å². The predicted octanol–water partition coefficient (Wildman–Crippen LogP) is 3.42. The maximum Gasteiger partial charge on any atom is 0.302 e. The lowest BCUT2D eigenvalue weighted by Crippen LogP contribution is -2.38. The molecule has 0 bridgehead atoms. The van der Waals surface area contributed by atoms with E-state index in [0.29, 0.717) is 11.3 Å². The van der Waals surface area contributed by atoms with E-state index in [4.69, 9.17) is 9.85 Å². The van der Waals surface area contributed by atoms with Crippen LogP contribution in [0, 0.1) is 10.1 Å². The van der Waals surface area contributed by atoms with Gasteiger partial charge in [-0.3, -0.25) is 10.1 Å². The van der Waals surface area contributed by atoms with Gasteiger partial charge in [0, 0.05) is 23.8 Å². The van der Waals surface area contributed by atoms with Crippen LogP contribution < -0.4 is 5.11 Å². The van der Waals surface area contributed by atoms with Gasteiger partial charge in [0.2, 0.25) is 0 Å². The van der Waals surface area contributed by atoms with Gasteiger partial charge in [-0.25, -0.2) is 0 Å². The van der Waals surface area contributed by atoms with E-state index in [-0.39, 0.29) is 11.7 Å². The van der Waals surface area contributed by atoms with E-state index in [1.807, 2.05) is 36.4 Å². The molecule has 0 saturated heterocycles. The van der Waals surface area contributed by atoms with Gasteiger partial charge in [-0.15, -0.1) is 0 Å². The number of fused-ring (bicyclic) bond motifs is 2. The number of benzene rings is 2. The van der Waals surface area contributed by atoms with E-state index in [1.54, 1.807) is 16.8 Å². The molecule has 2 aromatic carbocycles. The fourth-order valence-electron chi connectivity index (χ4n) is 4.18. The van der Waals surface area contributed by atoms with Gasteiger partial charge in [-0.05, 0) is 42.1 Å². The van der Waals surface area contributed by atoms with E-state index in [0.717, 1.165) is 24.8 Å².